The summed E-state index contributed by atoms with van der Waals surface area (Å²) >= 11 is 0. The number of nitrogens with two attached hydrogens (primary N) is 1. The number of carbonyl (C=O) groups is 1. The van der Waals surface area contributed by atoms with Crippen LogP contribution in [0.5, 0.6) is 0 Å². The van der Waals surface area contributed by atoms with Gasteiger partial charge < -0.3 is 10.5 Å². The average molecular weight is 299 g/mol. The number of rotatable bonds is 3. The number of hydrogen-bond donors (Lipinski definition) is 1. The van der Waals surface area contributed by atoms with Crippen molar-refractivity contribution in [3.63, 3.8) is 0 Å². The van der Waals surface area contributed by atoms with Gasteiger partial charge >= 0.3 is 12.1 Å². The third-order valence-electron chi connectivity index (χ3n) is 2.76. The molecular formula is C13H12F3N3O2. The van der Waals surface area contributed by atoms with Crippen molar-refractivity contribution in [2.45, 2.75) is 12.7 Å². The molecule has 2 N–H and O–H groups in total. The van der Waals surface area contributed by atoms with Gasteiger partial charge in [-0.2, -0.15) is 18.3 Å². The van der Waals surface area contributed by atoms with Crippen LogP contribution in [0.1, 0.15) is 10.4 Å². The molecule has 1 heterocycles. The lowest BCUT2D eigenvalue weighted by atomic mass is 10.0. The van der Waals surface area contributed by atoms with E-state index in [1.54, 1.807) is 0 Å². The van der Waals surface area contributed by atoms with E-state index >= 15 is 0 Å². The zero-order valence-corrected chi connectivity index (χ0v) is 11.0. The summed E-state index contributed by atoms with van der Waals surface area (Å²) < 4.78 is 42.3. The summed E-state index contributed by atoms with van der Waals surface area (Å²) in [5.41, 5.74) is 7.18. The van der Waals surface area contributed by atoms with E-state index in [2.05, 4.69) is 9.84 Å². The molecule has 21 heavy (non-hydrogen) atoms. The SMILES string of the molecule is COC(=O)c1ccc(N)c(-c2cnn(CC(F)(F)F)c2)c1. The summed E-state index contributed by atoms with van der Waals surface area (Å²) in [6, 6.07) is 4.42. The number of methoxy groups -OCH3 is 1. The van der Waals surface area contributed by atoms with Crippen LogP contribution < -0.4 is 5.73 Å². The summed E-state index contributed by atoms with van der Waals surface area (Å²) in [5.74, 6) is -0.557. The van der Waals surface area contributed by atoms with E-state index in [1.165, 1.54) is 37.7 Å². The van der Waals surface area contributed by atoms with Gasteiger partial charge in [0.1, 0.15) is 6.54 Å². The predicted molar refractivity (Wildman–Crippen MR) is 69.5 cm³/mol. The maximum Gasteiger partial charge on any atom is 0.408 e. The maximum atomic E-state index is 12.3. The maximum absolute atomic E-state index is 12.3. The minimum absolute atomic E-state index is 0.255. The van der Waals surface area contributed by atoms with Gasteiger partial charge in [-0.1, -0.05) is 0 Å². The number of esters is 1. The Morgan fingerprint density at radius 2 is 2.14 bits per heavy atom. The van der Waals surface area contributed by atoms with Crippen molar-refractivity contribution >= 4 is 11.7 Å². The number of nitrogen functional groups attached to an aromatic ring is 1. The second-order valence-corrected chi connectivity index (χ2v) is 4.34. The third-order valence-corrected chi connectivity index (χ3v) is 2.76. The average Bonchev–Trinajstić information content (AvgIpc) is 2.84. The van der Waals surface area contributed by atoms with E-state index in [0.29, 0.717) is 16.8 Å². The van der Waals surface area contributed by atoms with Gasteiger partial charge in [0.05, 0.1) is 18.9 Å². The largest absolute Gasteiger partial charge is 0.465 e. The van der Waals surface area contributed by atoms with E-state index in [1.807, 2.05) is 0 Å². The van der Waals surface area contributed by atoms with E-state index in [0.717, 1.165) is 4.68 Å². The fourth-order valence-electron chi connectivity index (χ4n) is 1.82. The minimum atomic E-state index is -4.36. The molecule has 0 radical (unpaired) electrons. The van der Waals surface area contributed by atoms with E-state index in [9.17, 15) is 18.0 Å². The van der Waals surface area contributed by atoms with E-state index < -0.39 is 18.7 Å². The van der Waals surface area contributed by atoms with Crippen LogP contribution in [0.3, 0.4) is 0 Å². The van der Waals surface area contributed by atoms with Gasteiger partial charge in [-0.25, -0.2) is 4.79 Å². The van der Waals surface area contributed by atoms with Gasteiger partial charge in [0.2, 0.25) is 0 Å². The molecule has 0 unspecified atom stereocenters. The zero-order chi connectivity index (χ0) is 15.6. The first-order valence-corrected chi connectivity index (χ1v) is 5.87. The first-order valence-electron chi connectivity index (χ1n) is 5.87. The Balaban J connectivity index is 2.35. The molecule has 0 atom stereocenters. The van der Waals surface area contributed by atoms with Crippen molar-refractivity contribution in [2.24, 2.45) is 0 Å². The fraction of sp³-hybridized carbons (Fsp3) is 0.231. The smallest absolute Gasteiger partial charge is 0.408 e. The van der Waals surface area contributed by atoms with Crippen molar-refractivity contribution in [1.29, 1.82) is 0 Å². The molecule has 0 aliphatic rings. The summed E-state index contributed by atoms with van der Waals surface area (Å²) in [7, 11) is 1.24. The highest BCUT2D eigenvalue weighted by Crippen LogP contribution is 2.27. The normalized spacial score (nSPS) is 11.4. The number of benzene rings is 1. The molecule has 0 saturated carbocycles. The molecule has 0 fully saturated rings. The van der Waals surface area contributed by atoms with Gasteiger partial charge in [-0.15, -0.1) is 0 Å². The van der Waals surface area contributed by atoms with Crippen LogP contribution in [-0.2, 0) is 11.3 Å². The molecule has 8 heteroatoms. The number of halogens is 3. The van der Waals surface area contributed by atoms with Crippen molar-refractivity contribution in [3.05, 3.63) is 36.2 Å². The van der Waals surface area contributed by atoms with Crippen molar-refractivity contribution in [3.8, 4) is 11.1 Å². The number of alkyl halides is 3. The van der Waals surface area contributed by atoms with E-state index in [4.69, 9.17) is 5.73 Å². The zero-order valence-electron chi connectivity index (χ0n) is 11.0. The quantitative estimate of drug-likeness (QED) is 0.698. The second-order valence-electron chi connectivity index (χ2n) is 4.34. The van der Waals surface area contributed by atoms with Crippen molar-refractivity contribution < 1.29 is 22.7 Å². The number of nitrogens with zero attached hydrogens (tertiary/aromatic N) is 2. The molecule has 0 amide bonds. The summed E-state index contributed by atoms with van der Waals surface area (Å²) in [5, 5.41) is 3.64. The number of aromatic nitrogens is 2. The Bertz CT molecular complexity index is 665. The predicted octanol–water partition coefficient (Wildman–Crippen LogP) is 2.48. The highest BCUT2D eigenvalue weighted by Gasteiger charge is 2.28. The molecule has 2 rings (SSSR count). The second kappa shape index (κ2) is 5.47. The summed E-state index contributed by atoms with van der Waals surface area (Å²) in [4.78, 5) is 11.5. The molecule has 2 aromatic rings. The Hall–Kier alpha value is -2.51. The molecule has 0 aliphatic carbocycles. The topological polar surface area (TPSA) is 70.1 Å². The standard InChI is InChI=1S/C13H12F3N3O2/c1-21-12(20)8-2-3-11(17)10(4-8)9-5-18-19(6-9)7-13(14,15)16/h2-6H,7,17H2,1H3. The molecule has 0 saturated heterocycles. The molecular weight excluding hydrogens is 287 g/mol. The monoisotopic (exact) mass is 299 g/mol. The van der Waals surface area contributed by atoms with Gasteiger partial charge in [0.25, 0.3) is 0 Å². The van der Waals surface area contributed by atoms with Crippen LogP contribution >= 0.6 is 0 Å². The highest BCUT2D eigenvalue weighted by atomic mass is 19.4. The number of anilines is 1. The molecule has 5 nitrogen and oxygen atoms in total. The lowest BCUT2D eigenvalue weighted by Crippen LogP contribution is -2.17. The van der Waals surface area contributed by atoms with Crippen LogP contribution in [0.15, 0.2) is 30.6 Å². The molecule has 1 aromatic carbocycles. The Kier molecular flexibility index (Phi) is 3.88. The minimum Gasteiger partial charge on any atom is -0.465 e. The number of hydrogen-bond acceptors (Lipinski definition) is 4. The fourth-order valence-corrected chi connectivity index (χ4v) is 1.82. The van der Waals surface area contributed by atoms with Crippen LogP contribution in [0, 0.1) is 0 Å². The lowest BCUT2D eigenvalue weighted by Gasteiger charge is -2.07. The third kappa shape index (κ3) is 3.53. The molecule has 0 spiro atoms. The summed E-state index contributed by atoms with van der Waals surface area (Å²) in [6.45, 7) is -1.19. The number of carbonyl (C=O) groups excluding carboxylic acids is 1. The Morgan fingerprint density at radius 3 is 2.76 bits per heavy atom. The van der Waals surface area contributed by atoms with E-state index in [-0.39, 0.29) is 5.56 Å². The lowest BCUT2D eigenvalue weighted by molar-refractivity contribution is -0.142. The van der Waals surface area contributed by atoms with Gasteiger partial charge in [0.15, 0.2) is 0 Å². The van der Waals surface area contributed by atoms with Crippen molar-refractivity contribution in [2.75, 3.05) is 12.8 Å². The molecule has 0 aliphatic heterocycles. The molecule has 0 bridgehead atoms. The first-order chi connectivity index (χ1) is 9.80. The van der Waals surface area contributed by atoms with Gasteiger partial charge in [0, 0.05) is 23.0 Å². The van der Waals surface area contributed by atoms with Crippen LogP contribution in [0.2, 0.25) is 0 Å². The first kappa shape index (κ1) is 14.9. The highest BCUT2D eigenvalue weighted by molar-refractivity contribution is 5.92. The summed E-state index contributed by atoms with van der Waals surface area (Å²) in [6.07, 6.45) is -1.87. The Morgan fingerprint density at radius 1 is 1.43 bits per heavy atom. The van der Waals surface area contributed by atoms with Crippen molar-refractivity contribution in [1.82, 2.24) is 9.78 Å². The van der Waals surface area contributed by atoms with Gasteiger partial charge in [-0.05, 0) is 18.2 Å². The van der Waals surface area contributed by atoms with Crippen LogP contribution in [-0.4, -0.2) is 29.0 Å². The van der Waals surface area contributed by atoms with Crippen LogP contribution in [0.4, 0.5) is 18.9 Å². The molecule has 1 aromatic heterocycles. The van der Waals surface area contributed by atoms with Crippen LogP contribution in [0.25, 0.3) is 11.1 Å². The Labute approximate surface area is 118 Å². The van der Waals surface area contributed by atoms with Gasteiger partial charge in [-0.3, -0.25) is 4.68 Å². The number of ether oxygens (including phenoxy) is 1. The molecule has 112 valence electrons.